The predicted octanol–water partition coefficient (Wildman–Crippen LogP) is 2.69. The smallest absolute Gasteiger partial charge is 0.166 e. The Morgan fingerprint density at radius 3 is 2.63 bits per heavy atom. The topological polar surface area (TPSA) is 55.7 Å². The van der Waals surface area contributed by atoms with Gasteiger partial charge in [-0.05, 0) is 24.0 Å². The molecule has 2 aromatic heterocycles. The van der Waals surface area contributed by atoms with Crippen molar-refractivity contribution in [3.8, 4) is 11.4 Å². The van der Waals surface area contributed by atoms with Crippen LogP contribution in [0.1, 0.15) is 36.3 Å². The fraction of sp³-hybridized carbons (Fsp3) is 0.333. The van der Waals surface area contributed by atoms with Gasteiger partial charge in [-0.15, -0.1) is 0 Å². The Balaban J connectivity index is 2.07. The summed E-state index contributed by atoms with van der Waals surface area (Å²) < 4.78 is 0. The summed E-state index contributed by atoms with van der Waals surface area (Å²) >= 11 is 0. The summed E-state index contributed by atoms with van der Waals surface area (Å²) in [5.41, 5.74) is 2.45. The molecular weight excluding hydrogens is 238 g/mol. The molecule has 0 saturated heterocycles. The van der Waals surface area contributed by atoms with Gasteiger partial charge >= 0.3 is 0 Å². The highest BCUT2D eigenvalue weighted by molar-refractivity contribution is 5.98. The third kappa shape index (κ3) is 2.26. The summed E-state index contributed by atoms with van der Waals surface area (Å²) in [5.74, 6) is 0.805. The molecule has 2 heterocycles. The van der Waals surface area contributed by atoms with Crippen LogP contribution in [0.4, 0.5) is 0 Å². The number of nitrogens with zero attached hydrogens (tertiary/aromatic N) is 3. The van der Waals surface area contributed by atoms with Crippen LogP contribution in [0.2, 0.25) is 0 Å². The lowest BCUT2D eigenvalue weighted by Gasteiger charge is -2.29. The van der Waals surface area contributed by atoms with Gasteiger partial charge in [0, 0.05) is 30.6 Å². The molecule has 96 valence electrons. The van der Waals surface area contributed by atoms with E-state index < -0.39 is 0 Å². The number of pyridine rings is 1. The second-order valence-electron chi connectivity index (χ2n) is 5.73. The molecule has 4 heteroatoms. The molecule has 0 spiro atoms. The van der Waals surface area contributed by atoms with E-state index in [1.165, 1.54) is 0 Å². The van der Waals surface area contributed by atoms with Crippen LogP contribution in [-0.2, 0) is 6.42 Å². The molecule has 0 amide bonds. The van der Waals surface area contributed by atoms with E-state index in [9.17, 15) is 4.79 Å². The van der Waals surface area contributed by atoms with E-state index in [0.717, 1.165) is 17.7 Å². The Morgan fingerprint density at radius 2 is 1.89 bits per heavy atom. The summed E-state index contributed by atoms with van der Waals surface area (Å²) in [6, 6.07) is 3.75. The second kappa shape index (κ2) is 4.23. The first kappa shape index (κ1) is 12.0. The van der Waals surface area contributed by atoms with Crippen molar-refractivity contribution in [1.82, 2.24) is 15.0 Å². The van der Waals surface area contributed by atoms with E-state index in [4.69, 9.17) is 0 Å². The fourth-order valence-electron chi connectivity index (χ4n) is 2.47. The number of carbonyl (C=O) groups is 1. The first-order chi connectivity index (χ1) is 9.05. The van der Waals surface area contributed by atoms with E-state index in [-0.39, 0.29) is 11.2 Å². The van der Waals surface area contributed by atoms with Gasteiger partial charge in [-0.3, -0.25) is 9.78 Å². The monoisotopic (exact) mass is 253 g/mol. The average Bonchev–Trinajstić information content (AvgIpc) is 2.37. The Labute approximate surface area is 111 Å². The fourth-order valence-corrected chi connectivity index (χ4v) is 2.47. The molecule has 0 radical (unpaired) electrons. The van der Waals surface area contributed by atoms with Gasteiger partial charge < -0.3 is 0 Å². The maximum absolute atomic E-state index is 12.1. The summed E-state index contributed by atoms with van der Waals surface area (Å²) in [6.45, 7) is 4.20. The standard InChI is InChI=1S/C15H15N3O/c1-15(2)7-12-11(13(19)8-15)9-17-14(18-12)10-3-5-16-6-4-10/h3-6,9H,7-8H2,1-2H3. The van der Waals surface area contributed by atoms with Crippen LogP contribution < -0.4 is 0 Å². The number of fused-ring (bicyclic) bond motifs is 1. The van der Waals surface area contributed by atoms with Gasteiger partial charge in [0.2, 0.25) is 0 Å². The number of aromatic nitrogens is 3. The zero-order valence-corrected chi connectivity index (χ0v) is 11.1. The highest BCUT2D eigenvalue weighted by atomic mass is 16.1. The van der Waals surface area contributed by atoms with Crippen LogP contribution in [0, 0.1) is 5.41 Å². The minimum absolute atomic E-state index is 0.0199. The number of ketones is 1. The Kier molecular flexibility index (Phi) is 2.66. The molecule has 4 nitrogen and oxygen atoms in total. The number of hydrogen-bond acceptors (Lipinski definition) is 4. The second-order valence-corrected chi connectivity index (χ2v) is 5.73. The third-order valence-electron chi connectivity index (χ3n) is 3.39. The van der Waals surface area contributed by atoms with Gasteiger partial charge in [-0.2, -0.15) is 0 Å². The van der Waals surface area contributed by atoms with Crippen molar-refractivity contribution in [2.24, 2.45) is 5.41 Å². The highest BCUT2D eigenvalue weighted by Gasteiger charge is 2.32. The zero-order valence-electron chi connectivity index (χ0n) is 11.1. The third-order valence-corrected chi connectivity index (χ3v) is 3.39. The van der Waals surface area contributed by atoms with Crippen molar-refractivity contribution in [3.63, 3.8) is 0 Å². The van der Waals surface area contributed by atoms with Crippen LogP contribution >= 0.6 is 0 Å². The molecule has 0 aliphatic heterocycles. The molecule has 1 aliphatic rings. The highest BCUT2D eigenvalue weighted by Crippen LogP contribution is 2.34. The number of Topliss-reactive ketones (excluding diaryl/α,β-unsaturated/α-hetero) is 1. The Hall–Kier alpha value is -2.10. The number of carbonyl (C=O) groups excluding carboxylic acids is 1. The van der Waals surface area contributed by atoms with Gasteiger partial charge in [0.05, 0.1) is 11.3 Å². The van der Waals surface area contributed by atoms with Gasteiger partial charge in [-0.25, -0.2) is 9.97 Å². The molecule has 0 N–H and O–H groups in total. The average molecular weight is 253 g/mol. The first-order valence-electron chi connectivity index (χ1n) is 6.35. The lowest BCUT2D eigenvalue weighted by atomic mass is 9.76. The molecule has 0 atom stereocenters. The largest absolute Gasteiger partial charge is 0.294 e. The molecule has 0 bridgehead atoms. The molecule has 0 fully saturated rings. The van der Waals surface area contributed by atoms with Crippen LogP contribution in [0.25, 0.3) is 11.4 Å². The maximum Gasteiger partial charge on any atom is 0.166 e. The molecular formula is C15H15N3O. The predicted molar refractivity (Wildman–Crippen MR) is 71.7 cm³/mol. The summed E-state index contributed by atoms with van der Waals surface area (Å²) in [6.07, 6.45) is 6.47. The van der Waals surface area contributed by atoms with Gasteiger partial charge in [0.1, 0.15) is 0 Å². The van der Waals surface area contributed by atoms with Crippen LogP contribution in [0.3, 0.4) is 0 Å². The van der Waals surface area contributed by atoms with Gasteiger partial charge in [0.15, 0.2) is 11.6 Å². The summed E-state index contributed by atoms with van der Waals surface area (Å²) in [5, 5.41) is 0. The maximum atomic E-state index is 12.1. The van der Waals surface area contributed by atoms with E-state index in [1.54, 1.807) is 18.6 Å². The van der Waals surface area contributed by atoms with Crippen molar-refractivity contribution in [2.75, 3.05) is 0 Å². The van der Waals surface area contributed by atoms with Crippen LogP contribution in [0.5, 0.6) is 0 Å². The minimum Gasteiger partial charge on any atom is -0.294 e. The van der Waals surface area contributed by atoms with E-state index in [1.807, 2.05) is 12.1 Å². The molecule has 2 aromatic rings. The number of hydrogen-bond donors (Lipinski definition) is 0. The SMILES string of the molecule is CC1(C)CC(=O)c2cnc(-c3ccncc3)nc2C1. The van der Waals surface area contributed by atoms with Crippen molar-refractivity contribution in [1.29, 1.82) is 0 Å². The van der Waals surface area contributed by atoms with Crippen molar-refractivity contribution in [2.45, 2.75) is 26.7 Å². The molecule has 19 heavy (non-hydrogen) atoms. The minimum atomic E-state index is -0.0199. The molecule has 0 saturated carbocycles. The lowest BCUT2D eigenvalue weighted by Crippen LogP contribution is -2.28. The van der Waals surface area contributed by atoms with Crippen LogP contribution in [0.15, 0.2) is 30.7 Å². The van der Waals surface area contributed by atoms with E-state index in [2.05, 4.69) is 28.8 Å². The Bertz CT molecular complexity index is 635. The first-order valence-corrected chi connectivity index (χ1v) is 6.35. The summed E-state index contributed by atoms with van der Waals surface area (Å²) in [4.78, 5) is 24.9. The number of rotatable bonds is 1. The van der Waals surface area contributed by atoms with Crippen molar-refractivity contribution < 1.29 is 4.79 Å². The molecule has 0 aromatic carbocycles. The van der Waals surface area contributed by atoms with E-state index in [0.29, 0.717) is 17.8 Å². The van der Waals surface area contributed by atoms with Crippen molar-refractivity contribution >= 4 is 5.78 Å². The van der Waals surface area contributed by atoms with E-state index >= 15 is 0 Å². The quantitative estimate of drug-likeness (QED) is 0.784. The Morgan fingerprint density at radius 1 is 1.16 bits per heavy atom. The zero-order chi connectivity index (χ0) is 13.5. The van der Waals surface area contributed by atoms with Crippen LogP contribution in [-0.4, -0.2) is 20.7 Å². The lowest BCUT2D eigenvalue weighted by molar-refractivity contribution is 0.0910. The van der Waals surface area contributed by atoms with Gasteiger partial charge in [-0.1, -0.05) is 13.8 Å². The van der Waals surface area contributed by atoms with Gasteiger partial charge in [0.25, 0.3) is 0 Å². The normalized spacial score (nSPS) is 17.1. The van der Waals surface area contributed by atoms with Crippen molar-refractivity contribution in [3.05, 3.63) is 42.0 Å². The molecule has 0 unspecified atom stereocenters. The molecule has 3 rings (SSSR count). The summed E-state index contributed by atoms with van der Waals surface area (Å²) in [7, 11) is 0. The molecule has 1 aliphatic carbocycles.